The van der Waals surface area contributed by atoms with Crippen molar-refractivity contribution in [2.24, 2.45) is 0 Å². The third-order valence-electron chi connectivity index (χ3n) is 4.27. The summed E-state index contributed by atoms with van der Waals surface area (Å²) in [4.78, 5) is 26.5. The number of H-pyrrole nitrogens is 1. The molecular formula is C21H25NO5. The molecule has 0 aliphatic rings. The molecule has 0 bridgehead atoms. The number of nitrogens with one attached hydrogen (secondary N) is 1. The van der Waals surface area contributed by atoms with Gasteiger partial charge in [0.05, 0.1) is 13.7 Å². The topological polar surface area (TPSA) is 88.6 Å². The van der Waals surface area contributed by atoms with Crippen LogP contribution in [-0.4, -0.2) is 35.6 Å². The molecule has 0 amide bonds. The van der Waals surface area contributed by atoms with Gasteiger partial charge in [-0.2, -0.15) is 0 Å². The molecule has 0 aliphatic heterocycles. The fraction of sp³-hybridized carbons (Fsp3) is 0.333. The Balaban J connectivity index is 2.20. The first-order valence-corrected chi connectivity index (χ1v) is 8.84. The Kier molecular flexibility index (Phi) is 6.82. The molecule has 2 aromatic rings. The SMILES string of the molecule is CCCCOc1ccc(/C=C/C(=O)c2c(C)[nH]c(C(=O)O)c2C)cc1OC. The van der Waals surface area contributed by atoms with Crippen molar-refractivity contribution >= 4 is 17.8 Å². The standard InChI is InChI=1S/C21H25NO5/c1-5-6-11-27-17-10-8-15(12-18(17)26-4)7-9-16(23)19-13(2)20(21(24)25)22-14(19)3/h7-10,12,22H,5-6,11H2,1-4H3,(H,24,25)/b9-7+. The summed E-state index contributed by atoms with van der Waals surface area (Å²) in [7, 11) is 1.57. The number of benzene rings is 1. The molecule has 0 spiro atoms. The summed E-state index contributed by atoms with van der Waals surface area (Å²) in [5.41, 5.74) is 2.19. The van der Waals surface area contributed by atoms with Crippen LogP contribution in [0.15, 0.2) is 24.3 Å². The maximum absolute atomic E-state index is 12.5. The third-order valence-corrected chi connectivity index (χ3v) is 4.27. The summed E-state index contributed by atoms with van der Waals surface area (Å²) in [6.07, 6.45) is 5.12. The number of carbonyl (C=O) groups is 2. The van der Waals surface area contributed by atoms with Crippen molar-refractivity contribution in [2.45, 2.75) is 33.6 Å². The van der Waals surface area contributed by atoms with Gasteiger partial charge in [0, 0.05) is 11.3 Å². The van der Waals surface area contributed by atoms with Crippen LogP contribution in [0.2, 0.25) is 0 Å². The summed E-state index contributed by atoms with van der Waals surface area (Å²) in [5, 5.41) is 9.17. The highest BCUT2D eigenvalue weighted by atomic mass is 16.5. The van der Waals surface area contributed by atoms with Gasteiger partial charge in [-0.15, -0.1) is 0 Å². The molecule has 1 heterocycles. The Bertz CT molecular complexity index is 864. The van der Waals surface area contributed by atoms with E-state index in [1.54, 1.807) is 33.1 Å². The molecule has 6 nitrogen and oxygen atoms in total. The second-order valence-corrected chi connectivity index (χ2v) is 6.24. The Morgan fingerprint density at radius 1 is 1.22 bits per heavy atom. The smallest absolute Gasteiger partial charge is 0.352 e. The Hall–Kier alpha value is -3.02. The summed E-state index contributed by atoms with van der Waals surface area (Å²) >= 11 is 0. The minimum absolute atomic E-state index is 0.0412. The van der Waals surface area contributed by atoms with Crippen molar-refractivity contribution in [1.29, 1.82) is 0 Å². The van der Waals surface area contributed by atoms with Gasteiger partial charge in [-0.1, -0.05) is 25.5 Å². The zero-order chi connectivity index (χ0) is 20.0. The largest absolute Gasteiger partial charge is 0.493 e. The number of methoxy groups -OCH3 is 1. The number of aromatic carboxylic acids is 1. The van der Waals surface area contributed by atoms with Gasteiger partial charge in [0.2, 0.25) is 0 Å². The van der Waals surface area contributed by atoms with Crippen LogP contribution in [0.5, 0.6) is 11.5 Å². The van der Waals surface area contributed by atoms with Crippen LogP contribution in [0.3, 0.4) is 0 Å². The quantitative estimate of drug-likeness (QED) is 0.387. The summed E-state index contributed by atoms with van der Waals surface area (Å²) in [6, 6.07) is 5.45. The van der Waals surface area contributed by atoms with Crippen molar-refractivity contribution in [3.63, 3.8) is 0 Å². The van der Waals surface area contributed by atoms with Crippen LogP contribution < -0.4 is 9.47 Å². The molecule has 0 unspecified atom stereocenters. The monoisotopic (exact) mass is 371 g/mol. The number of ether oxygens (including phenoxy) is 2. The van der Waals surface area contributed by atoms with Crippen molar-refractivity contribution in [2.75, 3.05) is 13.7 Å². The normalized spacial score (nSPS) is 11.0. The summed E-state index contributed by atoms with van der Waals surface area (Å²) < 4.78 is 11.1. The highest BCUT2D eigenvalue weighted by Gasteiger charge is 2.20. The predicted molar refractivity (Wildman–Crippen MR) is 104 cm³/mol. The van der Waals surface area contributed by atoms with Gasteiger partial charge >= 0.3 is 5.97 Å². The number of aryl methyl sites for hydroxylation is 1. The van der Waals surface area contributed by atoms with E-state index < -0.39 is 5.97 Å². The first-order chi connectivity index (χ1) is 12.9. The van der Waals surface area contributed by atoms with Crippen molar-refractivity contribution in [1.82, 2.24) is 4.98 Å². The number of allylic oxidation sites excluding steroid dienone is 1. The van der Waals surface area contributed by atoms with E-state index in [1.807, 2.05) is 12.1 Å². The van der Waals surface area contributed by atoms with E-state index in [0.29, 0.717) is 34.9 Å². The maximum atomic E-state index is 12.5. The minimum Gasteiger partial charge on any atom is -0.493 e. The fourth-order valence-electron chi connectivity index (χ4n) is 2.82. The van der Waals surface area contributed by atoms with E-state index >= 15 is 0 Å². The molecule has 0 aliphatic carbocycles. The van der Waals surface area contributed by atoms with E-state index in [1.165, 1.54) is 6.08 Å². The molecule has 0 fully saturated rings. The lowest BCUT2D eigenvalue weighted by Crippen LogP contribution is -2.01. The molecule has 1 aromatic carbocycles. The van der Waals surface area contributed by atoms with Crippen molar-refractivity contribution in [3.8, 4) is 11.5 Å². The van der Waals surface area contributed by atoms with Crippen LogP contribution >= 0.6 is 0 Å². The summed E-state index contributed by atoms with van der Waals surface area (Å²) in [5.74, 6) is -0.0706. The van der Waals surface area contributed by atoms with E-state index in [9.17, 15) is 9.59 Å². The lowest BCUT2D eigenvalue weighted by atomic mass is 10.0. The highest BCUT2D eigenvalue weighted by molar-refractivity contribution is 6.10. The number of ketones is 1. The molecule has 144 valence electrons. The Morgan fingerprint density at radius 2 is 1.96 bits per heavy atom. The molecule has 2 N–H and O–H groups in total. The molecule has 0 saturated carbocycles. The van der Waals surface area contributed by atoms with E-state index in [2.05, 4.69) is 11.9 Å². The molecule has 1 aromatic heterocycles. The van der Waals surface area contributed by atoms with Crippen LogP contribution in [0, 0.1) is 13.8 Å². The highest BCUT2D eigenvalue weighted by Crippen LogP contribution is 2.29. The second-order valence-electron chi connectivity index (χ2n) is 6.24. The number of hydrogen-bond acceptors (Lipinski definition) is 4. The number of carboxylic acids is 1. The first kappa shape index (κ1) is 20.3. The van der Waals surface area contributed by atoms with Gasteiger partial charge in [-0.25, -0.2) is 4.79 Å². The number of aromatic amines is 1. The number of hydrogen-bond donors (Lipinski definition) is 2. The Labute approximate surface area is 158 Å². The van der Waals surface area contributed by atoms with Gasteiger partial charge in [0.1, 0.15) is 5.69 Å². The minimum atomic E-state index is -1.08. The predicted octanol–water partition coefficient (Wildman–Crippen LogP) is 4.41. The van der Waals surface area contributed by atoms with Gasteiger partial charge in [-0.05, 0) is 49.6 Å². The number of aromatic nitrogens is 1. The van der Waals surface area contributed by atoms with Crippen LogP contribution in [-0.2, 0) is 0 Å². The molecule has 27 heavy (non-hydrogen) atoms. The van der Waals surface area contributed by atoms with Crippen LogP contribution in [0.4, 0.5) is 0 Å². The van der Waals surface area contributed by atoms with E-state index in [-0.39, 0.29) is 11.5 Å². The number of unbranched alkanes of at least 4 members (excludes halogenated alkanes) is 1. The molecule has 0 atom stereocenters. The van der Waals surface area contributed by atoms with Gasteiger partial charge < -0.3 is 19.6 Å². The molecule has 6 heteroatoms. The second kappa shape index (κ2) is 9.07. The number of carbonyl (C=O) groups excluding carboxylic acids is 1. The molecular weight excluding hydrogens is 346 g/mol. The van der Waals surface area contributed by atoms with Gasteiger partial charge in [-0.3, -0.25) is 4.79 Å². The van der Waals surface area contributed by atoms with Crippen molar-refractivity contribution in [3.05, 3.63) is 52.4 Å². The summed E-state index contributed by atoms with van der Waals surface area (Å²) in [6.45, 7) is 6.03. The average Bonchev–Trinajstić information content (AvgIpc) is 2.95. The average molecular weight is 371 g/mol. The fourth-order valence-corrected chi connectivity index (χ4v) is 2.82. The Morgan fingerprint density at radius 3 is 2.56 bits per heavy atom. The van der Waals surface area contributed by atoms with Gasteiger partial charge in [0.15, 0.2) is 17.3 Å². The number of carboxylic acid groups (broad SMARTS) is 1. The van der Waals surface area contributed by atoms with Crippen LogP contribution in [0.25, 0.3) is 6.08 Å². The lowest BCUT2D eigenvalue weighted by Gasteiger charge is -2.10. The maximum Gasteiger partial charge on any atom is 0.352 e. The van der Waals surface area contributed by atoms with E-state index in [4.69, 9.17) is 14.6 Å². The molecule has 0 saturated heterocycles. The van der Waals surface area contributed by atoms with Gasteiger partial charge in [0.25, 0.3) is 0 Å². The number of rotatable bonds is 9. The third kappa shape index (κ3) is 4.78. The first-order valence-electron chi connectivity index (χ1n) is 8.84. The van der Waals surface area contributed by atoms with Crippen molar-refractivity contribution < 1.29 is 24.2 Å². The molecule has 2 rings (SSSR count). The molecule has 0 radical (unpaired) electrons. The van der Waals surface area contributed by atoms with Crippen LogP contribution in [0.1, 0.15) is 57.4 Å². The zero-order valence-electron chi connectivity index (χ0n) is 16.1. The lowest BCUT2D eigenvalue weighted by molar-refractivity contribution is 0.0690. The van der Waals surface area contributed by atoms with E-state index in [0.717, 1.165) is 18.4 Å². The zero-order valence-corrected chi connectivity index (χ0v) is 16.1.